The Morgan fingerprint density at radius 3 is 2.79 bits per heavy atom. The van der Waals surface area contributed by atoms with Crippen LogP contribution in [-0.4, -0.2) is 36.7 Å². The van der Waals surface area contributed by atoms with Crippen LogP contribution < -0.4 is 4.46 Å². The molecular weight excluding hydrogens is 301 g/mol. The predicted molar refractivity (Wildman–Crippen MR) is 78.6 cm³/mol. The summed E-state index contributed by atoms with van der Waals surface area (Å²) in [5.41, 5.74) is 0.179. The van der Waals surface area contributed by atoms with Crippen molar-refractivity contribution in [3.8, 4) is 0 Å². The van der Waals surface area contributed by atoms with Crippen LogP contribution in [-0.2, 0) is 0 Å². The maximum atomic E-state index is 10.4. The van der Waals surface area contributed by atoms with Crippen LogP contribution in [0.15, 0.2) is 30.3 Å². The summed E-state index contributed by atoms with van der Waals surface area (Å²) in [5, 5.41) is 11.5. The molecular formula is C16H22NOSe+. The van der Waals surface area contributed by atoms with Gasteiger partial charge in [-0.15, -0.1) is 0 Å². The molecule has 0 unspecified atom stereocenters. The number of fused-ring (bicyclic) bond motifs is 2. The molecule has 102 valence electrons. The summed E-state index contributed by atoms with van der Waals surface area (Å²) in [4.78, 5) is 0. The second-order valence-electron chi connectivity index (χ2n) is 6.35. The fourth-order valence-electron chi connectivity index (χ4n) is 3.74. The summed E-state index contributed by atoms with van der Waals surface area (Å²) in [7, 11) is 0. The van der Waals surface area contributed by atoms with Crippen molar-refractivity contribution in [2.24, 2.45) is 11.3 Å². The van der Waals surface area contributed by atoms with E-state index in [0.717, 1.165) is 24.1 Å². The van der Waals surface area contributed by atoms with Crippen LogP contribution in [0.5, 0.6) is 0 Å². The minimum atomic E-state index is -0.0360. The molecule has 1 fully saturated rings. The van der Waals surface area contributed by atoms with E-state index in [1.165, 1.54) is 10.9 Å². The van der Waals surface area contributed by atoms with Crippen molar-refractivity contribution < 1.29 is 9.95 Å². The van der Waals surface area contributed by atoms with Crippen LogP contribution in [0.25, 0.3) is 0 Å². The third-order valence-corrected chi connectivity index (χ3v) is 7.92. The van der Waals surface area contributed by atoms with Gasteiger partial charge in [0.05, 0.1) is 0 Å². The fourth-order valence-corrected chi connectivity index (χ4v) is 6.69. The zero-order valence-corrected chi connectivity index (χ0v) is 13.4. The zero-order valence-electron chi connectivity index (χ0n) is 11.7. The van der Waals surface area contributed by atoms with Crippen LogP contribution in [0, 0.1) is 11.3 Å². The monoisotopic (exact) mass is 324 g/mol. The molecule has 1 heterocycles. The topological polar surface area (TPSA) is 23.2 Å². The van der Waals surface area contributed by atoms with Crippen molar-refractivity contribution in [3.05, 3.63) is 30.3 Å². The molecule has 0 saturated heterocycles. The summed E-state index contributed by atoms with van der Waals surface area (Å²) in [6, 6.07) is 10.7. The number of nitrogens with zero attached hydrogens (tertiary/aromatic N) is 1. The number of hydrogen-bond donors (Lipinski definition) is 1. The van der Waals surface area contributed by atoms with Gasteiger partial charge in [-0.1, -0.05) is 0 Å². The number of benzene rings is 1. The van der Waals surface area contributed by atoms with Gasteiger partial charge in [-0.3, -0.25) is 0 Å². The molecule has 1 aliphatic heterocycles. The standard InChI is InChI=1S/C16H22NOSe/c1-15(2)13-8-10-16(15,17(18)11-9-13)12-19-14-6-4-3-5-7-14/h3-7,11,13,18H,8-10,12H2,1-2H3/q+1/t13-,16+/m1/s1. The normalized spacial score (nSPS) is 32.1. The molecule has 2 aliphatic rings. The summed E-state index contributed by atoms with van der Waals surface area (Å²) in [5.74, 6) is 0.738. The van der Waals surface area contributed by atoms with E-state index in [2.05, 4.69) is 44.2 Å². The van der Waals surface area contributed by atoms with E-state index in [1.54, 1.807) is 4.74 Å². The summed E-state index contributed by atoms with van der Waals surface area (Å²) in [6.45, 7) is 4.70. The third kappa shape index (κ3) is 1.95. The molecule has 0 radical (unpaired) electrons. The summed E-state index contributed by atoms with van der Waals surface area (Å²) in [6.07, 6.45) is 5.44. The zero-order chi connectivity index (χ0) is 13.5. The Labute approximate surface area is 121 Å². The molecule has 2 atom stereocenters. The minimum absolute atomic E-state index is 0.0360. The summed E-state index contributed by atoms with van der Waals surface area (Å²) < 4.78 is 3.00. The van der Waals surface area contributed by atoms with Gasteiger partial charge in [-0.25, -0.2) is 0 Å². The average Bonchev–Trinajstić information content (AvgIpc) is 2.55. The first-order valence-corrected chi connectivity index (χ1v) is 9.12. The van der Waals surface area contributed by atoms with Gasteiger partial charge >= 0.3 is 121 Å². The molecule has 0 spiro atoms. The average molecular weight is 323 g/mol. The number of hydroxylamine groups is 1. The van der Waals surface area contributed by atoms with Crippen molar-refractivity contribution in [1.82, 2.24) is 0 Å². The molecule has 19 heavy (non-hydrogen) atoms. The second kappa shape index (κ2) is 4.64. The van der Waals surface area contributed by atoms with Gasteiger partial charge in [0, 0.05) is 0 Å². The Balaban J connectivity index is 1.85. The van der Waals surface area contributed by atoms with E-state index in [4.69, 9.17) is 0 Å². The Morgan fingerprint density at radius 2 is 2.05 bits per heavy atom. The number of hydrogen-bond acceptors (Lipinski definition) is 1. The van der Waals surface area contributed by atoms with Crippen molar-refractivity contribution in [2.75, 3.05) is 0 Å². The van der Waals surface area contributed by atoms with E-state index >= 15 is 0 Å². The van der Waals surface area contributed by atoms with Crippen LogP contribution in [0.2, 0.25) is 5.32 Å². The molecule has 0 aromatic heterocycles. The first-order chi connectivity index (χ1) is 9.06. The Hall–Kier alpha value is -0.791. The van der Waals surface area contributed by atoms with Gasteiger partial charge in [-0.05, 0) is 0 Å². The molecule has 1 aromatic rings. The molecule has 3 heteroatoms. The first kappa shape index (κ1) is 13.2. The number of rotatable bonds is 3. The van der Waals surface area contributed by atoms with Crippen molar-refractivity contribution in [3.63, 3.8) is 0 Å². The van der Waals surface area contributed by atoms with Gasteiger partial charge in [-0.2, -0.15) is 0 Å². The molecule has 1 aliphatic carbocycles. The second-order valence-corrected chi connectivity index (χ2v) is 8.55. The molecule has 0 amide bonds. The van der Waals surface area contributed by atoms with Gasteiger partial charge in [0.25, 0.3) is 0 Å². The summed E-state index contributed by atoms with van der Waals surface area (Å²) >= 11 is 0.430. The van der Waals surface area contributed by atoms with E-state index in [9.17, 15) is 5.21 Å². The molecule has 1 N–H and O–H groups in total. The van der Waals surface area contributed by atoms with E-state index in [1.807, 2.05) is 6.21 Å². The fraction of sp³-hybridized carbons (Fsp3) is 0.562. The Kier molecular flexibility index (Phi) is 3.23. The van der Waals surface area contributed by atoms with E-state index in [0.29, 0.717) is 15.0 Å². The third-order valence-electron chi connectivity index (χ3n) is 5.35. The van der Waals surface area contributed by atoms with Crippen LogP contribution >= 0.6 is 0 Å². The Morgan fingerprint density at radius 1 is 1.32 bits per heavy atom. The molecule has 1 aromatic carbocycles. The SMILES string of the molecule is CC1(C)[C@H]2CC=[N+](O)[C@]1(C[Se]c1ccccc1)CC2. The quantitative estimate of drug-likeness (QED) is 0.516. The maximum absolute atomic E-state index is 10.4. The van der Waals surface area contributed by atoms with Crippen LogP contribution in [0.3, 0.4) is 0 Å². The van der Waals surface area contributed by atoms with Crippen LogP contribution in [0.4, 0.5) is 0 Å². The van der Waals surface area contributed by atoms with Gasteiger partial charge in [0.1, 0.15) is 0 Å². The van der Waals surface area contributed by atoms with Crippen molar-refractivity contribution in [2.45, 2.75) is 44.0 Å². The van der Waals surface area contributed by atoms with E-state index in [-0.39, 0.29) is 11.0 Å². The molecule has 1 saturated carbocycles. The molecule has 2 nitrogen and oxygen atoms in total. The van der Waals surface area contributed by atoms with Gasteiger partial charge in [0.15, 0.2) is 0 Å². The first-order valence-electron chi connectivity index (χ1n) is 7.06. The Bertz CT molecular complexity index is 497. The molecule has 3 rings (SSSR count). The van der Waals surface area contributed by atoms with Gasteiger partial charge in [0.2, 0.25) is 0 Å². The van der Waals surface area contributed by atoms with Crippen LogP contribution in [0.1, 0.15) is 33.1 Å². The van der Waals surface area contributed by atoms with Crippen molar-refractivity contribution >= 4 is 25.6 Å². The predicted octanol–water partition coefficient (Wildman–Crippen LogP) is 2.49. The van der Waals surface area contributed by atoms with E-state index < -0.39 is 0 Å². The van der Waals surface area contributed by atoms with Crippen molar-refractivity contribution in [1.29, 1.82) is 0 Å². The van der Waals surface area contributed by atoms with Gasteiger partial charge < -0.3 is 0 Å². The molecule has 2 bridgehead atoms.